The van der Waals surface area contributed by atoms with Gasteiger partial charge in [-0.3, -0.25) is 4.79 Å². The summed E-state index contributed by atoms with van der Waals surface area (Å²) in [5.74, 6) is 0.851. The van der Waals surface area contributed by atoms with E-state index in [1.807, 2.05) is 28.9 Å². The first-order chi connectivity index (χ1) is 11.7. The molecule has 1 amide bonds. The van der Waals surface area contributed by atoms with Gasteiger partial charge in [0.2, 0.25) is 0 Å². The van der Waals surface area contributed by atoms with E-state index in [-0.39, 0.29) is 42.9 Å². The van der Waals surface area contributed by atoms with Crippen LogP contribution in [0.1, 0.15) is 36.0 Å². The molecule has 3 N–H and O–H groups in total. The minimum absolute atomic E-state index is 0. The monoisotopic (exact) mass is 400 g/mol. The molecule has 2 aromatic heterocycles. The number of hydrogen-bond donors (Lipinski definition) is 3. The fraction of sp³-hybridized carbons (Fsp3) is 0.556. The maximum absolute atomic E-state index is 12.8. The summed E-state index contributed by atoms with van der Waals surface area (Å²) in [4.78, 5) is 17.0. The highest BCUT2D eigenvalue weighted by Crippen LogP contribution is 2.35. The van der Waals surface area contributed by atoms with E-state index in [1.54, 1.807) is 6.20 Å². The van der Waals surface area contributed by atoms with Gasteiger partial charge < -0.3 is 20.1 Å². The van der Waals surface area contributed by atoms with E-state index in [0.29, 0.717) is 17.4 Å². The number of carbonyl (C=O) groups excluding carboxylic acids is 1. The van der Waals surface area contributed by atoms with Gasteiger partial charge in [0.1, 0.15) is 5.65 Å². The number of amides is 1. The average molecular weight is 401 g/mol. The van der Waals surface area contributed by atoms with Crippen LogP contribution in [0.3, 0.4) is 0 Å². The molecule has 3 heterocycles. The summed E-state index contributed by atoms with van der Waals surface area (Å²) >= 11 is 0. The molecule has 0 bridgehead atoms. The highest BCUT2D eigenvalue weighted by molar-refractivity contribution is 5.94. The van der Waals surface area contributed by atoms with Crippen molar-refractivity contribution < 1.29 is 9.90 Å². The number of nitrogens with zero attached hydrogens (tertiary/aromatic N) is 2. The fourth-order valence-electron chi connectivity index (χ4n) is 4.04. The number of carbonyl (C=O) groups is 1. The van der Waals surface area contributed by atoms with Crippen molar-refractivity contribution in [2.24, 2.45) is 11.8 Å². The molecule has 1 saturated carbocycles. The Hall–Kier alpha value is -1.34. The fourth-order valence-corrected chi connectivity index (χ4v) is 4.04. The second-order valence-corrected chi connectivity index (χ2v) is 7.08. The summed E-state index contributed by atoms with van der Waals surface area (Å²) < 4.78 is 1.86. The number of aromatic nitrogens is 2. The lowest BCUT2D eigenvalue weighted by molar-refractivity contribution is 0.00918. The SMILES string of the molecule is Cl.Cl.O=C(NC(C1CCNCC1)C1CC(O)C1)c1ccc2nccn2c1. The smallest absolute Gasteiger partial charge is 0.253 e. The van der Waals surface area contributed by atoms with Gasteiger partial charge in [0.25, 0.3) is 5.91 Å². The van der Waals surface area contributed by atoms with Crippen LogP contribution in [0.15, 0.2) is 30.7 Å². The van der Waals surface area contributed by atoms with Crippen LogP contribution in [0.25, 0.3) is 5.65 Å². The number of imidazole rings is 1. The average Bonchev–Trinajstić information content (AvgIpc) is 3.05. The van der Waals surface area contributed by atoms with E-state index < -0.39 is 0 Å². The van der Waals surface area contributed by atoms with E-state index in [2.05, 4.69) is 15.6 Å². The summed E-state index contributed by atoms with van der Waals surface area (Å²) in [6.45, 7) is 2.01. The van der Waals surface area contributed by atoms with Gasteiger partial charge in [-0.25, -0.2) is 4.98 Å². The van der Waals surface area contributed by atoms with Crippen molar-refractivity contribution in [1.29, 1.82) is 0 Å². The zero-order chi connectivity index (χ0) is 16.5. The molecule has 1 aliphatic heterocycles. The van der Waals surface area contributed by atoms with Crippen molar-refractivity contribution in [2.45, 2.75) is 37.8 Å². The van der Waals surface area contributed by atoms with Gasteiger partial charge in [0.15, 0.2) is 0 Å². The summed E-state index contributed by atoms with van der Waals surface area (Å²) in [7, 11) is 0. The van der Waals surface area contributed by atoms with E-state index in [4.69, 9.17) is 0 Å². The number of aliphatic hydroxyl groups excluding tert-OH is 1. The summed E-state index contributed by atoms with van der Waals surface area (Å²) in [5, 5.41) is 16.3. The standard InChI is InChI=1S/C18H24N4O2.2ClH/c23-15-9-14(10-15)17(12-3-5-19-6-4-12)21-18(24)13-1-2-16-20-7-8-22(16)11-13;;/h1-2,7-8,11-12,14-15,17,19,23H,3-6,9-10H2,(H,21,24);2*1H. The molecule has 1 unspecified atom stereocenters. The third-order valence-corrected chi connectivity index (χ3v) is 5.50. The lowest BCUT2D eigenvalue weighted by Gasteiger charge is -2.43. The van der Waals surface area contributed by atoms with Crippen molar-refractivity contribution >= 4 is 36.4 Å². The molecule has 8 heteroatoms. The molecule has 0 spiro atoms. The van der Waals surface area contributed by atoms with Gasteiger partial charge in [-0.05, 0) is 62.7 Å². The zero-order valence-corrected chi connectivity index (χ0v) is 16.1. The highest BCUT2D eigenvalue weighted by atomic mass is 35.5. The molecule has 0 aromatic carbocycles. The number of pyridine rings is 1. The number of piperidine rings is 1. The van der Waals surface area contributed by atoms with Crippen LogP contribution >= 0.6 is 24.8 Å². The van der Waals surface area contributed by atoms with Gasteiger partial charge in [0.05, 0.1) is 11.7 Å². The van der Waals surface area contributed by atoms with E-state index in [1.165, 1.54) is 0 Å². The largest absolute Gasteiger partial charge is 0.393 e. The quantitative estimate of drug-likeness (QED) is 0.733. The Balaban J connectivity index is 0.00000121. The van der Waals surface area contributed by atoms with E-state index in [9.17, 15) is 9.90 Å². The first kappa shape index (κ1) is 21.0. The number of halogens is 2. The molecule has 2 aliphatic rings. The van der Waals surface area contributed by atoms with Crippen molar-refractivity contribution in [3.63, 3.8) is 0 Å². The lowest BCUT2D eigenvalue weighted by Crippen LogP contribution is -2.52. The number of nitrogens with one attached hydrogen (secondary N) is 2. The van der Waals surface area contributed by atoms with Crippen LogP contribution < -0.4 is 10.6 Å². The predicted octanol–water partition coefficient (Wildman–Crippen LogP) is 2.05. The van der Waals surface area contributed by atoms with Crippen LogP contribution in [0, 0.1) is 11.8 Å². The Kier molecular flexibility index (Phi) is 7.29. The Morgan fingerprint density at radius 2 is 1.96 bits per heavy atom. The van der Waals surface area contributed by atoms with Crippen molar-refractivity contribution in [3.05, 3.63) is 36.3 Å². The molecule has 26 heavy (non-hydrogen) atoms. The number of rotatable bonds is 4. The Morgan fingerprint density at radius 1 is 1.23 bits per heavy atom. The molecule has 0 radical (unpaired) electrons. The highest BCUT2D eigenvalue weighted by Gasteiger charge is 2.39. The lowest BCUT2D eigenvalue weighted by atomic mass is 9.71. The minimum Gasteiger partial charge on any atom is -0.393 e. The van der Waals surface area contributed by atoms with Crippen LogP contribution in [-0.4, -0.2) is 45.6 Å². The summed E-state index contributed by atoms with van der Waals surface area (Å²) in [6, 6.07) is 3.84. The molecule has 6 nitrogen and oxygen atoms in total. The van der Waals surface area contributed by atoms with Gasteiger partial charge in [-0.15, -0.1) is 24.8 Å². The molecule has 1 aliphatic carbocycles. The maximum Gasteiger partial charge on any atom is 0.253 e. The van der Waals surface area contributed by atoms with Crippen LogP contribution in [0.5, 0.6) is 0 Å². The maximum atomic E-state index is 12.8. The molecule has 144 valence electrons. The van der Waals surface area contributed by atoms with Gasteiger partial charge >= 0.3 is 0 Å². The number of fused-ring (bicyclic) bond motifs is 1. The van der Waals surface area contributed by atoms with E-state index >= 15 is 0 Å². The van der Waals surface area contributed by atoms with Gasteiger partial charge in [-0.2, -0.15) is 0 Å². The summed E-state index contributed by atoms with van der Waals surface area (Å²) in [5.41, 5.74) is 1.49. The zero-order valence-electron chi connectivity index (χ0n) is 14.5. The van der Waals surface area contributed by atoms with Crippen molar-refractivity contribution in [3.8, 4) is 0 Å². The Bertz CT molecular complexity index is 727. The third kappa shape index (κ3) is 4.31. The normalized spacial score (nSPS) is 24.0. The van der Waals surface area contributed by atoms with Crippen LogP contribution in [0.2, 0.25) is 0 Å². The summed E-state index contributed by atoms with van der Waals surface area (Å²) in [6.07, 6.45) is 8.97. The van der Waals surface area contributed by atoms with Crippen LogP contribution in [0.4, 0.5) is 0 Å². The predicted molar refractivity (Wildman–Crippen MR) is 105 cm³/mol. The molecular formula is C18H26Cl2N4O2. The second kappa shape index (κ2) is 9.04. The Morgan fingerprint density at radius 3 is 2.65 bits per heavy atom. The topological polar surface area (TPSA) is 78.7 Å². The minimum atomic E-state index is -0.196. The second-order valence-electron chi connectivity index (χ2n) is 7.08. The molecule has 1 saturated heterocycles. The molecule has 4 rings (SSSR count). The van der Waals surface area contributed by atoms with Crippen molar-refractivity contribution in [1.82, 2.24) is 20.0 Å². The first-order valence-corrected chi connectivity index (χ1v) is 8.83. The Labute approximate surface area is 165 Å². The molecule has 2 aromatic rings. The molecule has 1 atom stereocenters. The molecular weight excluding hydrogens is 375 g/mol. The molecule has 2 fully saturated rings. The van der Waals surface area contributed by atoms with E-state index in [0.717, 1.165) is 44.4 Å². The van der Waals surface area contributed by atoms with Gasteiger partial charge in [0, 0.05) is 24.6 Å². The first-order valence-electron chi connectivity index (χ1n) is 8.83. The number of hydrogen-bond acceptors (Lipinski definition) is 4. The third-order valence-electron chi connectivity index (χ3n) is 5.50. The number of aliphatic hydroxyl groups is 1. The van der Waals surface area contributed by atoms with Gasteiger partial charge in [-0.1, -0.05) is 0 Å². The van der Waals surface area contributed by atoms with Crippen molar-refractivity contribution in [2.75, 3.05) is 13.1 Å². The van der Waals surface area contributed by atoms with Crippen LogP contribution in [-0.2, 0) is 0 Å².